The van der Waals surface area contributed by atoms with Gasteiger partial charge < -0.3 is 14.2 Å². The van der Waals surface area contributed by atoms with Crippen molar-refractivity contribution in [1.82, 2.24) is 20.0 Å². The Labute approximate surface area is 254 Å². The second-order valence-electron chi connectivity index (χ2n) is 12.4. The van der Waals surface area contributed by atoms with E-state index in [-0.39, 0.29) is 49.7 Å². The summed E-state index contributed by atoms with van der Waals surface area (Å²) in [4.78, 5) is 14.9. The van der Waals surface area contributed by atoms with E-state index in [2.05, 4.69) is 34.9 Å². The quantitative estimate of drug-likeness (QED) is 0.107. The van der Waals surface area contributed by atoms with Crippen molar-refractivity contribution < 1.29 is 36.6 Å². The summed E-state index contributed by atoms with van der Waals surface area (Å²) in [6.45, 7) is 7.86. The van der Waals surface area contributed by atoms with Crippen LogP contribution in [0.15, 0.2) is 24.5 Å². The molecule has 5 rings (SSSR count). The maximum absolute atomic E-state index is 16.4. The molecule has 0 radical (unpaired) electrons. The minimum absolute atomic E-state index is 0.0300. The van der Waals surface area contributed by atoms with Gasteiger partial charge in [0.05, 0.1) is 19.0 Å². The van der Waals surface area contributed by atoms with Crippen molar-refractivity contribution in [3.63, 3.8) is 0 Å². The Hall–Kier alpha value is -3.20. The van der Waals surface area contributed by atoms with Gasteiger partial charge in [-0.1, -0.05) is 0 Å². The van der Waals surface area contributed by atoms with Crippen molar-refractivity contribution in [3.05, 3.63) is 58.9 Å². The van der Waals surface area contributed by atoms with Gasteiger partial charge in [-0.2, -0.15) is 34.9 Å². The fraction of sp³-hybridized carbons (Fsp3) is 0.533. The molecule has 44 heavy (non-hydrogen) atoms. The Kier molecular flexibility index (Phi) is 10.1. The molecule has 2 aliphatic heterocycles. The van der Waals surface area contributed by atoms with Gasteiger partial charge in [0.1, 0.15) is 12.4 Å². The van der Waals surface area contributed by atoms with Crippen LogP contribution >= 0.6 is 0 Å². The number of hydrogen-bond donors (Lipinski definition) is 0. The lowest BCUT2D eigenvalue weighted by atomic mass is 9.98. The van der Waals surface area contributed by atoms with E-state index in [1.807, 2.05) is 0 Å². The predicted molar refractivity (Wildman–Crippen MR) is 156 cm³/mol. The highest BCUT2D eigenvalue weighted by Crippen LogP contribution is 2.36. The van der Waals surface area contributed by atoms with Crippen molar-refractivity contribution in [2.45, 2.75) is 77.4 Å². The molecule has 0 saturated carbocycles. The van der Waals surface area contributed by atoms with Gasteiger partial charge in [-0.15, -0.1) is 14.1 Å². The summed E-state index contributed by atoms with van der Waals surface area (Å²) >= 11 is 0. The maximum Gasteiger partial charge on any atom is 0.231 e. The summed E-state index contributed by atoms with van der Waals surface area (Å²) < 4.78 is 76.3. The Morgan fingerprint density at radius 3 is 2.48 bits per heavy atom. The Bertz CT molecular complexity index is 1460. The van der Waals surface area contributed by atoms with Crippen molar-refractivity contribution in [3.8, 4) is 11.3 Å². The topological polar surface area (TPSA) is 91.6 Å². The van der Waals surface area contributed by atoms with Crippen LogP contribution in [0.4, 0.5) is 23.4 Å². The molecule has 4 heterocycles. The Morgan fingerprint density at radius 1 is 1.02 bits per heavy atom. The molecule has 0 aliphatic carbocycles. The van der Waals surface area contributed by atoms with Crippen LogP contribution in [-0.4, -0.2) is 60.0 Å². The first-order valence-corrected chi connectivity index (χ1v) is 18.5. The average Bonchev–Trinajstić information content (AvgIpc) is 3.50. The first-order chi connectivity index (χ1) is 21.0. The minimum atomic E-state index is -1.57. The highest BCUT2D eigenvalue weighted by Gasteiger charge is 2.38. The number of benzene rings is 1. The molecule has 2 saturated heterocycles. The number of halogens is 4. The minimum Gasteiger partial charge on any atom is -0.362 e. The summed E-state index contributed by atoms with van der Waals surface area (Å²) in [5, 5.41) is 12.4. The van der Waals surface area contributed by atoms with Crippen molar-refractivity contribution in [2.75, 3.05) is 24.7 Å². The van der Waals surface area contributed by atoms with Crippen LogP contribution < -0.4 is 4.90 Å². The number of anilines is 1. The highest BCUT2D eigenvalue weighted by atomic mass is 28.3. The average molecular weight is 636 g/mol. The standard InChI is InChI=1S/C30H37F4N5O4Si/c1-44(2,3)11-10-41-18-39-29(38-8-7-20(30(38)40)12-19-13-23(31)26(33)24(32)14-19)27(34)28(37-39)22-16-36-35-15-21(22)17-43-25-6-4-5-9-42-25/h13-16,20,25H,4-12,17-18H2,1-3H3/q-1. The van der Waals surface area contributed by atoms with Crippen LogP contribution in [0.3, 0.4) is 0 Å². The number of hydrogen-bond acceptors (Lipinski definition) is 7. The van der Waals surface area contributed by atoms with Crippen LogP contribution in [0.1, 0.15) is 36.8 Å². The number of carbonyl (C=O) groups is 1. The number of ether oxygens (including phenoxy) is 3. The number of carbonyl (C=O) groups excluding carboxylic acids is 1. The van der Waals surface area contributed by atoms with E-state index in [9.17, 15) is 18.0 Å². The lowest BCUT2D eigenvalue weighted by Gasteiger charge is -2.26. The zero-order valence-corrected chi connectivity index (χ0v) is 26.1. The van der Waals surface area contributed by atoms with Gasteiger partial charge in [0.15, 0.2) is 35.4 Å². The van der Waals surface area contributed by atoms with E-state index in [0.29, 0.717) is 30.8 Å². The van der Waals surface area contributed by atoms with Gasteiger partial charge >= 0.3 is 0 Å². The number of amides is 1. The van der Waals surface area contributed by atoms with Crippen LogP contribution in [0.5, 0.6) is 0 Å². The summed E-state index contributed by atoms with van der Waals surface area (Å²) in [5.41, 5.74) is 1.01. The molecule has 0 spiro atoms. The zero-order valence-electron chi connectivity index (χ0n) is 25.1. The molecule has 1 amide bonds. The molecule has 2 aliphatic rings. The van der Waals surface area contributed by atoms with E-state index in [1.165, 1.54) is 22.0 Å². The zero-order chi connectivity index (χ0) is 31.4. The fourth-order valence-electron chi connectivity index (χ4n) is 5.33. The second-order valence-corrected chi connectivity index (χ2v) is 18.0. The summed E-state index contributed by atoms with van der Waals surface area (Å²) in [7, 11) is -1.40. The van der Waals surface area contributed by atoms with E-state index < -0.39 is 43.2 Å². The first kappa shape index (κ1) is 32.2. The van der Waals surface area contributed by atoms with E-state index >= 15 is 4.39 Å². The number of rotatable bonds is 12. The maximum atomic E-state index is 16.4. The van der Waals surface area contributed by atoms with Crippen molar-refractivity contribution in [2.24, 2.45) is 5.92 Å². The third-order valence-corrected chi connectivity index (χ3v) is 9.51. The van der Waals surface area contributed by atoms with E-state index in [0.717, 1.165) is 37.4 Å². The molecule has 14 heteroatoms. The summed E-state index contributed by atoms with van der Waals surface area (Å²) in [5.74, 6) is -6.16. The van der Waals surface area contributed by atoms with Gasteiger partial charge in [0.25, 0.3) is 0 Å². The molecule has 9 nitrogen and oxygen atoms in total. The van der Waals surface area contributed by atoms with Crippen molar-refractivity contribution >= 4 is 19.8 Å². The van der Waals surface area contributed by atoms with Gasteiger partial charge in [-0.3, -0.25) is 9.69 Å². The lowest BCUT2D eigenvalue weighted by Crippen LogP contribution is -2.31. The third-order valence-electron chi connectivity index (χ3n) is 7.81. The molecular weight excluding hydrogens is 598 g/mol. The van der Waals surface area contributed by atoms with Crippen LogP contribution in [0.2, 0.25) is 25.7 Å². The van der Waals surface area contributed by atoms with Gasteiger partial charge in [-0.05, 0) is 49.8 Å². The number of nitrogens with zero attached hydrogens (tertiary/aromatic N) is 5. The fourth-order valence-corrected chi connectivity index (χ4v) is 6.09. The smallest absolute Gasteiger partial charge is 0.231 e. The van der Waals surface area contributed by atoms with E-state index in [1.54, 1.807) is 0 Å². The van der Waals surface area contributed by atoms with Crippen LogP contribution in [0, 0.1) is 29.2 Å². The third kappa shape index (κ3) is 7.53. The Morgan fingerprint density at radius 2 is 1.77 bits per heavy atom. The first-order valence-electron chi connectivity index (χ1n) is 14.8. The summed E-state index contributed by atoms with van der Waals surface area (Å²) in [6, 6.07) is 2.64. The monoisotopic (exact) mass is 635 g/mol. The molecule has 2 atom stereocenters. The second kappa shape index (κ2) is 13.8. The number of aromatic nitrogens is 4. The van der Waals surface area contributed by atoms with Gasteiger partial charge in [0, 0.05) is 36.8 Å². The molecular formula is C30H37F4N5O4Si-. The molecule has 2 fully saturated rings. The highest BCUT2D eigenvalue weighted by molar-refractivity contribution is 6.76. The molecule has 0 bridgehead atoms. The molecule has 0 N–H and O–H groups in total. The molecule has 3 aromatic rings. The van der Waals surface area contributed by atoms with Crippen molar-refractivity contribution in [1.29, 1.82) is 0 Å². The van der Waals surface area contributed by atoms with Gasteiger partial charge in [0.2, 0.25) is 5.91 Å². The molecule has 2 unspecified atom stereocenters. The molecule has 1 aromatic carbocycles. The molecule has 2 aromatic heterocycles. The lowest BCUT2D eigenvalue weighted by molar-refractivity contribution is -0.168. The Balaban J connectivity index is 1.42. The summed E-state index contributed by atoms with van der Waals surface area (Å²) in [6.07, 6.45) is 5.50. The largest absolute Gasteiger partial charge is 0.362 e. The normalized spacial score (nSPS) is 19.2. The van der Waals surface area contributed by atoms with Crippen LogP contribution in [-0.2, 0) is 38.8 Å². The van der Waals surface area contributed by atoms with E-state index in [4.69, 9.17) is 14.2 Å². The SMILES string of the molecule is C[Si-](C)(C)CCOCn1nc(-c2cnncc2COC2CCCCO2)c(F)c1N1CCC(Cc2cc(F)c(F)c(F)c2)C1=O. The van der Waals surface area contributed by atoms with Crippen LogP contribution in [0.25, 0.3) is 11.3 Å². The predicted octanol–water partition coefficient (Wildman–Crippen LogP) is 5.85. The van der Waals surface area contributed by atoms with Gasteiger partial charge in [-0.25, -0.2) is 22.2 Å². The molecule has 239 valence electrons.